The number of hydrogen-bond acceptors (Lipinski definition) is 6. The molecule has 26 heavy (non-hydrogen) atoms. The van der Waals surface area contributed by atoms with E-state index in [1.54, 1.807) is 0 Å². The van der Waals surface area contributed by atoms with Crippen molar-refractivity contribution in [2.75, 3.05) is 13.2 Å². The van der Waals surface area contributed by atoms with Gasteiger partial charge in [0, 0.05) is 0 Å². The van der Waals surface area contributed by atoms with Crippen LogP contribution in [0.5, 0.6) is 0 Å². The molecule has 2 unspecified atom stereocenters. The molecule has 1 heterocycles. The summed E-state index contributed by atoms with van der Waals surface area (Å²) in [5.41, 5.74) is 0. The Morgan fingerprint density at radius 3 is 1.96 bits per heavy atom. The summed E-state index contributed by atoms with van der Waals surface area (Å²) in [6.07, 6.45) is 12.3. The average Bonchev–Trinajstić information content (AvgIpc) is 2.92. The van der Waals surface area contributed by atoms with Crippen LogP contribution in [-0.2, 0) is 14.3 Å². The third kappa shape index (κ3) is 8.41. The molecule has 1 rings (SSSR count). The van der Waals surface area contributed by atoms with Crippen LogP contribution in [0.1, 0.15) is 84.0 Å². The second kappa shape index (κ2) is 13.9. The van der Waals surface area contributed by atoms with Gasteiger partial charge < -0.3 is 24.8 Å². The highest BCUT2D eigenvalue weighted by molar-refractivity contribution is 5.89. The van der Waals surface area contributed by atoms with Crippen molar-refractivity contribution in [3.8, 4) is 0 Å². The summed E-state index contributed by atoms with van der Waals surface area (Å²) >= 11 is 0. The molecule has 0 aromatic heterocycles. The molecule has 0 fully saturated rings. The molecule has 0 saturated heterocycles. The minimum Gasteiger partial charge on any atom is -0.505 e. The molecule has 1 aliphatic rings. The van der Waals surface area contributed by atoms with Crippen LogP contribution in [-0.4, -0.2) is 46.7 Å². The van der Waals surface area contributed by atoms with Crippen molar-refractivity contribution in [3.05, 3.63) is 11.5 Å². The summed E-state index contributed by atoms with van der Waals surface area (Å²) in [5.74, 6) is -1.47. The van der Waals surface area contributed by atoms with Crippen LogP contribution < -0.4 is 0 Å². The molecule has 1 aliphatic heterocycles. The number of rotatable bonds is 16. The summed E-state index contributed by atoms with van der Waals surface area (Å²) in [6.45, 7) is 1.96. The molecule has 0 bridgehead atoms. The Morgan fingerprint density at radius 2 is 1.46 bits per heavy atom. The Balaban J connectivity index is 2.00. The summed E-state index contributed by atoms with van der Waals surface area (Å²) in [4.78, 5) is 11.6. The first-order chi connectivity index (χ1) is 12.6. The highest BCUT2D eigenvalue weighted by Gasteiger charge is 2.40. The van der Waals surface area contributed by atoms with E-state index >= 15 is 0 Å². The monoisotopic (exact) mass is 372 g/mol. The summed E-state index contributed by atoms with van der Waals surface area (Å²) in [5, 5.41) is 28.2. The lowest BCUT2D eigenvalue weighted by atomic mass is 10.1. The van der Waals surface area contributed by atoms with E-state index in [0.717, 1.165) is 19.3 Å². The standard InChI is InChI=1S/C20H36O6/c1-2-3-4-5-6-7-8-9-10-11-12-13-14-25-19-17(23)18(16(22)15-21)26-20(19)24/h16,18,21-23H,2-15H2,1H3. The number of carbonyl (C=O) groups excluding carboxylic acids is 1. The molecule has 152 valence electrons. The predicted octanol–water partition coefficient (Wildman–Crippen LogP) is 3.75. The molecular formula is C20H36O6. The van der Waals surface area contributed by atoms with Crippen molar-refractivity contribution in [2.24, 2.45) is 0 Å². The second-order valence-corrected chi connectivity index (χ2v) is 7.03. The van der Waals surface area contributed by atoms with Gasteiger partial charge in [-0.25, -0.2) is 4.79 Å². The predicted molar refractivity (Wildman–Crippen MR) is 99.7 cm³/mol. The van der Waals surface area contributed by atoms with Crippen molar-refractivity contribution in [1.82, 2.24) is 0 Å². The Labute approximate surface area is 157 Å². The van der Waals surface area contributed by atoms with Gasteiger partial charge in [-0.1, -0.05) is 77.6 Å². The van der Waals surface area contributed by atoms with E-state index in [1.165, 1.54) is 57.8 Å². The van der Waals surface area contributed by atoms with Gasteiger partial charge in [0.15, 0.2) is 11.9 Å². The molecule has 0 radical (unpaired) electrons. The third-order valence-corrected chi connectivity index (χ3v) is 4.70. The van der Waals surface area contributed by atoms with Crippen molar-refractivity contribution in [2.45, 2.75) is 96.2 Å². The average molecular weight is 373 g/mol. The normalized spacial score (nSPS) is 18.3. The zero-order valence-corrected chi connectivity index (χ0v) is 16.1. The Hall–Kier alpha value is -1.27. The Morgan fingerprint density at radius 1 is 0.962 bits per heavy atom. The van der Waals surface area contributed by atoms with E-state index in [1.807, 2.05) is 0 Å². The van der Waals surface area contributed by atoms with Gasteiger partial charge >= 0.3 is 5.97 Å². The fraction of sp³-hybridized carbons (Fsp3) is 0.850. The molecule has 0 spiro atoms. The minimum atomic E-state index is -1.34. The van der Waals surface area contributed by atoms with E-state index in [9.17, 15) is 15.0 Å². The Kier molecular flexibility index (Phi) is 12.1. The topological polar surface area (TPSA) is 96.2 Å². The van der Waals surface area contributed by atoms with E-state index in [-0.39, 0.29) is 5.76 Å². The van der Waals surface area contributed by atoms with Gasteiger partial charge in [0.25, 0.3) is 0 Å². The molecule has 0 saturated carbocycles. The number of hydrogen-bond donors (Lipinski definition) is 3. The number of aliphatic hydroxyl groups excluding tert-OH is 3. The summed E-state index contributed by atoms with van der Waals surface area (Å²) < 4.78 is 10.1. The molecule has 0 aromatic rings. The zero-order valence-electron chi connectivity index (χ0n) is 16.1. The van der Waals surface area contributed by atoms with E-state index in [0.29, 0.717) is 6.61 Å². The molecule has 6 heteroatoms. The molecule has 0 aliphatic carbocycles. The van der Waals surface area contributed by atoms with Gasteiger partial charge in [-0.15, -0.1) is 0 Å². The van der Waals surface area contributed by atoms with Crippen LogP contribution in [0.3, 0.4) is 0 Å². The van der Waals surface area contributed by atoms with Crippen LogP contribution in [0.2, 0.25) is 0 Å². The van der Waals surface area contributed by atoms with Gasteiger partial charge in [0.1, 0.15) is 6.10 Å². The first kappa shape index (κ1) is 22.8. The van der Waals surface area contributed by atoms with E-state index in [2.05, 4.69) is 6.92 Å². The Bertz CT molecular complexity index is 421. The van der Waals surface area contributed by atoms with Crippen LogP contribution in [0.15, 0.2) is 11.5 Å². The zero-order chi connectivity index (χ0) is 19.2. The highest BCUT2D eigenvalue weighted by Crippen LogP contribution is 2.24. The number of aliphatic hydroxyl groups is 3. The second-order valence-electron chi connectivity index (χ2n) is 7.03. The molecular weight excluding hydrogens is 336 g/mol. The van der Waals surface area contributed by atoms with Crippen LogP contribution in [0.25, 0.3) is 0 Å². The van der Waals surface area contributed by atoms with Crippen LogP contribution in [0.4, 0.5) is 0 Å². The van der Waals surface area contributed by atoms with Crippen molar-refractivity contribution in [1.29, 1.82) is 0 Å². The van der Waals surface area contributed by atoms with Gasteiger partial charge in [-0.05, 0) is 6.42 Å². The molecule has 3 N–H and O–H groups in total. The quantitative estimate of drug-likeness (QED) is 0.282. The third-order valence-electron chi connectivity index (χ3n) is 4.70. The summed E-state index contributed by atoms with van der Waals surface area (Å²) in [7, 11) is 0. The largest absolute Gasteiger partial charge is 0.505 e. The van der Waals surface area contributed by atoms with Crippen LogP contribution in [0, 0.1) is 0 Å². The van der Waals surface area contributed by atoms with E-state index in [4.69, 9.17) is 14.6 Å². The molecule has 0 amide bonds. The maximum atomic E-state index is 11.6. The van der Waals surface area contributed by atoms with Gasteiger partial charge in [-0.3, -0.25) is 0 Å². The number of cyclic esters (lactones) is 1. The maximum absolute atomic E-state index is 11.6. The van der Waals surface area contributed by atoms with Gasteiger partial charge in [0.05, 0.1) is 13.2 Å². The lowest BCUT2D eigenvalue weighted by Gasteiger charge is -2.13. The van der Waals surface area contributed by atoms with Crippen molar-refractivity contribution in [3.63, 3.8) is 0 Å². The number of unbranched alkanes of at least 4 members (excludes halogenated alkanes) is 11. The SMILES string of the molecule is CCCCCCCCCCCCCCOC1=C(O)C(C(O)CO)OC1=O. The number of ether oxygens (including phenoxy) is 2. The lowest BCUT2D eigenvalue weighted by Crippen LogP contribution is -2.31. The van der Waals surface area contributed by atoms with Gasteiger partial charge in [-0.2, -0.15) is 0 Å². The first-order valence-electron chi connectivity index (χ1n) is 10.2. The summed E-state index contributed by atoms with van der Waals surface area (Å²) in [6, 6.07) is 0. The molecule has 6 nitrogen and oxygen atoms in total. The van der Waals surface area contributed by atoms with Crippen LogP contribution >= 0.6 is 0 Å². The maximum Gasteiger partial charge on any atom is 0.378 e. The number of esters is 1. The molecule has 2 atom stereocenters. The smallest absolute Gasteiger partial charge is 0.378 e. The minimum absolute atomic E-state index is 0.245. The fourth-order valence-electron chi connectivity index (χ4n) is 3.07. The number of carbonyl (C=O) groups is 1. The first-order valence-corrected chi connectivity index (χ1v) is 10.2. The van der Waals surface area contributed by atoms with Crippen molar-refractivity contribution >= 4 is 5.97 Å². The molecule has 0 aromatic carbocycles. The van der Waals surface area contributed by atoms with Gasteiger partial charge in [0.2, 0.25) is 5.76 Å². The fourth-order valence-corrected chi connectivity index (χ4v) is 3.07. The van der Waals surface area contributed by atoms with Crippen molar-refractivity contribution < 1.29 is 29.6 Å². The highest BCUT2D eigenvalue weighted by atomic mass is 16.6. The lowest BCUT2D eigenvalue weighted by molar-refractivity contribution is -0.148. The van der Waals surface area contributed by atoms with E-state index < -0.39 is 30.5 Å².